The Balaban J connectivity index is 1.67. The Bertz CT molecular complexity index is 1310. The monoisotopic (exact) mass is 421 g/mol. The summed E-state index contributed by atoms with van der Waals surface area (Å²) in [4.78, 5) is 27.8. The Morgan fingerprint density at radius 3 is 2.70 bits per heavy atom. The molecule has 1 amide bonds. The number of nitro groups is 1. The number of amides is 1. The van der Waals surface area contributed by atoms with E-state index >= 15 is 0 Å². The number of carbonyl (C=O) groups is 1. The van der Waals surface area contributed by atoms with Gasteiger partial charge in [-0.25, -0.2) is 4.98 Å². The van der Waals surface area contributed by atoms with E-state index in [1.165, 1.54) is 6.07 Å². The summed E-state index contributed by atoms with van der Waals surface area (Å²) in [5, 5.41) is 14.5. The third-order valence-corrected chi connectivity index (χ3v) is 5.07. The fraction of sp³-hybridized carbons (Fsp3) is 0.0909. The summed E-state index contributed by atoms with van der Waals surface area (Å²) in [6.07, 6.45) is 0. The lowest BCUT2D eigenvalue weighted by atomic mass is 10.1. The first-order valence-corrected chi connectivity index (χ1v) is 9.44. The lowest BCUT2D eigenvalue weighted by Crippen LogP contribution is -2.13. The van der Waals surface area contributed by atoms with Crippen molar-refractivity contribution in [1.29, 1.82) is 0 Å². The van der Waals surface area contributed by atoms with Crippen molar-refractivity contribution in [1.82, 2.24) is 4.98 Å². The Kier molecular flexibility index (Phi) is 4.97. The zero-order valence-corrected chi connectivity index (χ0v) is 16.9. The molecular weight excluding hydrogens is 406 g/mol. The van der Waals surface area contributed by atoms with Gasteiger partial charge in [0, 0.05) is 33.5 Å². The van der Waals surface area contributed by atoms with E-state index in [0.29, 0.717) is 33.3 Å². The first-order chi connectivity index (χ1) is 14.3. The highest BCUT2D eigenvalue weighted by Crippen LogP contribution is 2.31. The van der Waals surface area contributed by atoms with E-state index in [-0.39, 0.29) is 11.3 Å². The number of aromatic nitrogens is 1. The second-order valence-corrected chi connectivity index (χ2v) is 7.26. The van der Waals surface area contributed by atoms with Gasteiger partial charge in [0.25, 0.3) is 11.6 Å². The standard InChI is InChI=1S/C22H16ClN3O4/c1-12-6-7-14(10-19(12)26(28)29)21(27)24-17-5-3-4-16(13(17)2)22-25-18-11-15(23)8-9-20(18)30-22/h3-11H,1-2H3,(H,24,27). The number of nitrogens with zero attached hydrogens (tertiary/aromatic N) is 2. The van der Waals surface area contributed by atoms with Crippen LogP contribution in [0.1, 0.15) is 21.5 Å². The summed E-state index contributed by atoms with van der Waals surface area (Å²) in [5.74, 6) is -0.0328. The summed E-state index contributed by atoms with van der Waals surface area (Å²) >= 11 is 6.02. The van der Waals surface area contributed by atoms with Gasteiger partial charge in [0.15, 0.2) is 5.58 Å². The van der Waals surface area contributed by atoms with E-state index < -0.39 is 10.8 Å². The van der Waals surface area contributed by atoms with E-state index in [1.807, 2.05) is 13.0 Å². The second-order valence-electron chi connectivity index (χ2n) is 6.82. The van der Waals surface area contributed by atoms with Gasteiger partial charge in [0.1, 0.15) is 5.52 Å². The molecule has 0 fully saturated rings. The van der Waals surface area contributed by atoms with Crippen LogP contribution in [-0.4, -0.2) is 15.8 Å². The van der Waals surface area contributed by atoms with E-state index in [1.54, 1.807) is 49.4 Å². The topological polar surface area (TPSA) is 98.3 Å². The molecule has 0 aliphatic heterocycles. The number of halogens is 1. The average molecular weight is 422 g/mol. The largest absolute Gasteiger partial charge is 0.436 e. The highest BCUT2D eigenvalue weighted by atomic mass is 35.5. The molecule has 1 heterocycles. The maximum absolute atomic E-state index is 12.7. The van der Waals surface area contributed by atoms with Crippen molar-refractivity contribution in [3.63, 3.8) is 0 Å². The van der Waals surface area contributed by atoms with Crippen LogP contribution in [0, 0.1) is 24.0 Å². The predicted octanol–water partition coefficient (Wildman–Crippen LogP) is 5.93. The van der Waals surface area contributed by atoms with Crippen LogP contribution in [0.15, 0.2) is 59.0 Å². The van der Waals surface area contributed by atoms with Gasteiger partial charge in [-0.05, 0) is 55.8 Å². The molecule has 7 nitrogen and oxygen atoms in total. The van der Waals surface area contributed by atoms with Crippen LogP contribution >= 0.6 is 11.6 Å². The number of carbonyl (C=O) groups excluding carboxylic acids is 1. The molecule has 8 heteroatoms. The number of nitrogens with one attached hydrogen (secondary N) is 1. The fourth-order valence-electron chi connectivity index (χ4n) is 3.16. The van der Waals surface area contributed by atoms with Gasteiger partial charge in [-0.1, -0.05) is 23.7 Å². The highest BCUT2D eigenvalue weighted by Gasteiger charge is 2.17. The highest BCUT2D eigenvalue weighted by molar-refractivity contribution is 6.31. The van der Waals surface area contributed by atoms with Crippen LogP contribution in [0.5, 0.6) is 0 Å². The minimum Gasteiger partial charge on any atom is -0.436 e. The van der Waals surface area contributed by atoms with Crippen molar-refractivity contribution in [3.05, 3.63) is 86.4 Å². The lowest BCUT2D eigenvalue weighted by Gasteiger charge is -2.11. The van der Waals surface area contributed by atoms with Crippen LogP contribution in [0.2, 0.25) is 5.02 Å². The zero-order chi connectivity index (χ0) is 21.4. The molecule has 4 rings (SSSR count). The van der Waals surface area contributed by atoms with Gasteiger partial charge in [0.2, 0.25) is 5.89 Å². The molecule has 0 radical (unpaired) electrons. The van der Waals surface area contributed by atoms with E-state index in [9.17, 15) is 14.9 Å². The summed E-state index contributed by atoms with van der Waals surface area (Å²) in [5.41, 5.74) is 3.87. The third-order valence-electron chi connectivity index (χ3n) is 4.83. The molecule has 0 bridgehead atoms. The Labute approximate surface area is 176 Å². The maximum atomic E-state index is 12.7. The summed E-state index contributed by atoms with van der Waals surface area (Å²) < 4.78 is 5.83. The minimum absolute atomic E-state index is 0.0988. The molecule has 0 saturated carbocycles. The average Bonchev–Trinajstić information content (AvgIpc) is 3.12. The molecule has 0 atom stereocenters. The number of aryl methyl sites for hydroxylation is 1. The number of rotatable bonds is 4. The van der Waals surface area contributed by atoms with Gasteiger partial charge < -0.3 is 9.73 Å². The fourth-order valence-corrected chi connectivity index (χ4v) is 3.33. The molecule has 0 saturated heterocycles. The number of anilines is 1. The van der Waals surface area contributed by atoms with Gasteiger partial charge >= 0.3 is 0 Å². The number of hydrogen-bond acceptors (Lipinski definition) is 5. The number of hydrogen-bond donors (Lipinski definition) is 1. The van der Waals surface area contributed by atoms with Gasteiger partial charge in [-0.2, -0.15) is 0 Å². The van der Waals surface area contributed by atoms with Crippen LogP contribution in [0.4, 0.5) is 11.4 Å². The molecule has 1 aromatic heterocycles. The van der Waals surface area contributed by atoms with Gasteiger partial charge in [-0.3, -0.25) is 14.9 Å². The Morgan fingerprint density at radius 1 is 1.13 bits per heavy atom. The van der Waals surface area contributed by atoms with Crippen LogP contribution in [-0.2, 0) is 0 Å². The van der Waals surface area contributed by atoms with Gasteiger partial charge in [0.05, 0.1) is 4.92 Å². The predicted molar refractivity (Wildman–Crippen MR) is 115 cm³/mol. The van der Waals surface area contributed by atoms with Crippen LogP contribution in [0.3, 0.4) is 0 Å². The molecule has 0 aliphatic rings. The lowest BCUT2D eigenvalue weighted by molar-refractivity contribution is -0.385. The molecule has 0 spiro atoms. The maximum Gasteiger partial charge on any atom is 0.273 e. The smallest absolute Gasteiger partial charge is 0.273 e. The van der Waals surface area contributed by atoms with Crippen molar-refractivity contribution >= 4 is 40.0 Å². The third kappa shape index (κ3) is 3.62. The van der Waals surface area contributed by atoms with Crippen molar-refractivity contribution in [3.8, 4) is 11.5 Å². The molecule has 0 aliphatic carbocycles. The normalized spacial score (nSPS) is 10.9. The van der Waals surface area contributed by atoms with Crippen molar-refractivity contribution < 1.29 is 14.1 Å². The second kappa shape index (κ2) is 7.61. The number of fused-ring (bicyclic) bond motifs is 1. The zero-order valence-electron chi connectivity index (χ0n) is 16.1. The molecule has 4 aromatic rings. The first-order valence-electron chi connectivity index (χ1n) is 9.06. The van der Waals surface area contributed by atoms with Crippen molar-refractivity contribution in [2.45, 2.75) is 13.8 Å². The Morgan fingerprint density at radius 2 is 1.93 bits per heavy atom. The van der Waals surface area contributed by atoms with Gasteiger partial charge in [-0.15, -0.1) is 0 Å². The minimum atomic E-state index is -0.502. The van der Waals surface area contributed by atoms with E-state index in [4.69, 9.17) is 16.0 Å². The summed E-state index contributed by atoms with van der Waals surface area (Å²) in [6.45, 7) is 3.46. The molecule has 1 N–H and O–H groups in total. The van der Waals surface area contributed by atoms with E-state index in [0.717, 1.165) is 11.1 Å². The number of oxazole rings is 1. The van der Waals surface area contributed by atoms with Crippen LogP contribution < -0.4 is 5.32 Å². The summed E-state index contributed by atoms with van der Waals surface area (Å²) in [6, 6.07) is 14.9. The molecular formula is C22H16ClN3O4. The molecule has 30 heavy (non-hydrogen) atoms. The first kappa shape index (κ1) is 19.6. The van der Waals surface area contributed by atoms with Crippen molar-refractivity contribution in [2.75, 3.05) is 5.32 Å². The van der Waals surface area contributed by atoms with Crippen LogP contribution in [0.25, 0.3) is 22.6 Å². The number of nitro benzene ring substituents is 1. The number of benzene rings is 3. The van der Waals surface area contributed by atoms with E-state index in [2.05, 4.69) is 10.3 Å². The molecule has 150 valence electrons. The summed E-state index contributed by atoms with van der Waals surface area (Å²) in [7, 11) is 0. The SMILES string of the molecule is Cc1ccc(C(=O)Nc2cccc(-c3nc4cc(Cl)ccc4o3)c2C)cc1[N+](=O)[O-]. The quantitative estimate of drug-likeness (QED) is 0.325. The molecule has 0 unspecified atom stereocenters. The van der Waals surface area contributed by atoms with Crippen molar-refractivity contribution in [2.24, 2.45) is 0 Å². The molecule has 3 aromatic carbocycles. The Hall–Kier alpha value is -3.71.